The van der Waals surface area contributed by atoms with Gasteiger partial charge in [0.1, 0.15) is 5.75 Å². The Balaban J connectivity index is 1.35. The summed E-state index contributed by atoms with van der Waals surface area (Å²) in [5, 5.41) is 7.26. The summed E-state index contributed by atoms with van der Waals surface area (Å²) in [5.41, 5.74) is 3.17. The monoisotopic (exact) mass is 446 g/mol. The van der Waals surface area contributed by atoms with Crippen LogP contribution in [0.4, 0.5) is 5.69 Å². The van der Waals surface area contributed by atoms with E-state index in [2.05, 4.69) is 10.4 Å². The third-order valence-corrected chi connectivity index (χ3v) is 5.72. The van der Waals surface area contributed by atoms with Gasteiger partial charge in [0.25, 0.3) is 5.56 Å². The molecule has 8 heteroatoms. The lowest BCUT2D eigenvalue weighted by atomic mass is 10.1. The summed E-state index contributed by atoms with van der Waals surface area (Å²) in [6.45, 7) is 2.81. The van der Waals surface area contributed by atoms with Gasteiger partial charge >= 0.3 is 0 Å². The zero-order valence-electron chi connectivity index (χ0n) is 18.7. The molecule has 1 atom stereocenters. The SMILES string of the molecule is COc1ccc(-c2ccc(=O)n(CCNC(=O)C3CC(=O)N(c4ccc(C)cc4)C3)n2)cc1. The van der Waals surface area contributed by atoms with Crippen LogP contribution < -0.4 is 20.5 Å². The molecule has 2 aromatic carbocycles. The largest absolute Gasteiger partial charge is 0.497 e. The Morgan fingerprint density at radius 1 is 1.06 bits per heavy atom. The van der Waals surface area contributed by atoms with Crippen LogP contribution in [0.15, 0.2) is 65.5 Å². The highest BCUT2D eigenvalue weighted by atomic mass is 16.5. The van der Waals surface area contributed by atoms with Crippen molar-refractivity contribution in [3.05, 3.63) is 76.6 Å². The van der Waals surface area contributed by atoms with E-state index in [1.165, 1.54) is 10.7 Å². The predicted molar refractivity (Wildman–Crippen MR) is 125 cm³/mol. The van der Waals surface area contributed by atoms with E-state index in [0.717, 1.165) is 22.6 Å². The number of amides is 2. The maximum atomic E-state index is 12.6. The van der Waals surface area contributed by atoms with Gasteiger partial charge in [-0.3, -0.25) is 14.4 Å². The number of nitrogens with one attached hydrogen (secondary N) is 1. The first-order valence-electron chi connectivity index (χ1n) is 10.8. The summed E-state index contributed by atoms with van der Waals surface area (Å²) >= 11 is 0. The fourth-order valence-corrected chi connectivity index (χ4v) is 3.81. The molecule has 1 fully saturated rings. The number of anilines is 1. The Kier molecular flexibility index (Phi) is 6.53. The molecule has 1 N–H and O–H groups in total. The van der Waals surface area contributed by atoms with Gasteiger partial charge in [-0.05, 0) is 49.4 Å². The molecule has 0 radical (unpaired) electrons. The van der Waals surface area contributed by atoms with E-state index in [4.69, 9.17) is 4.74 Å². The zero-order chi connectivity index (χ0) is 23.4. The minimum atomic E-state index is -0.422. The molecule has 0 bridgehead atoms. The van der Waals surface area contributed by atoms with Crippen molar-refractivity contribution in [2.45, 2.75) is 19.9 Å². The number of aryl methyl sites for hydroxylation is 1. The van der Waals surface area contributed by atoms with Gasteiger partial charge in [-0.15, -0.1) is 0 Å². The lowest BCUT2D eigenvalue weighted by Crippen LogP contribution is -2.36. The number of hydrogen-bond donors (Lipinski definition) is 1. The van der Waals surface area contributed by atoms with E-state index in [0.29, 0.717) is 12.2 Å². The molecule has 0 spiro atoms. The molecule has 2 heterocycles. The minimum absolute atomic E-state index is 0.0657. The van der Waals surface area contributed by atoms with Gasteiger partial charge in [0.15, 0.2) is 0 Å². The van der Waals surface area contributed by atoms with E-state index >= 15 is 0 Å². The Hall–Kier alpha value is -3.94. The normalized spacial score (nSPS) is 15.5. The molecule has 2 amide bonds. The van der Waals surface area contributed by atoms with Gasteiger partial charge in [-0.1, -0.05) is 17.7 Å². The maximum absolute atomic E-state index is 12.6. The first kappa shape index (κ1) is 22.3. The highest BCUT2D eigenvalue weighted by molar-refractivity contribution is 6.00. The number of rotatable bonds is 7. The van der Waals surface area contributed by atoms with Gasteiger partial charge in [-0.2, -0.15) is 5.10 Å². The molecule has 1 aromatic heterocycles. The van der Waals surface area contributed by atoms with Gasteiger partial charge in [0.05, 0.1) is 25.3 Å². The van der Waals surface area contributed by atoms with Crippen LogP contribution in [-0.4, -0.2) is 41.8 Å². The second-order valence-electron chi connectivity index (χ2n) is 8.04. The first-order valence-corrected chi connectivity index (χ1v) is 10.8. The number of carbonyl (C=O) groups is 2. The molecule has 33 heavy (non-hydrogen) atoms. The molecule has 4 rings (SSSR count). The third kappa shape index (κ3) is 5.11. The average Bonchev–Trinajstić information content (AvgIpc) is 3.22. The summed E-state index contributed by atoms with van der Waals surface area (Å²) in [6.07, 6.45) is 0.171. The van der Waals surface area contributed by atoms with Crippen molar-refractivity contribution in [3.8, 4) is 17.0 Å². The third-order valence-electron chi connectivity index (χ3n) is 5.72. The maximum Gasteiger partial charge on any atom is 0.266 e. The van der Waals surface area contributed by atoms with E-state index < -0.39 is 5.92 Å². The molecule has 3 aromatic rings. The van der Waals surface area contributed by atoms with E-state index in [9.17, 15) is 14.4 Å². The van der Waals surface area contributed by atoms with Gasteiger partial charge in [0, 0.05) is 36.8 Å². The molecule has 0 saturated carbocycles. The van der Waals surface area contributed by atoms with Crippen LogP contribution in [0.1, 0.15) is 12.0 Å². The number of aromatic nitrogens is 2. The number of benzene rings is 2. The number of carbonyl (C=O) groups excluding carboxylic acids is 2. The first-order chi connectivity index (χ1) is 15.9. The fourth-order valence-electron chi connectivity index (χ4n) is 3.81. The highest BCUT2D eigenvalue weighted by Gasteiger charge is 2.34. The van der Waals surface area contributed by atoms with Crippen molar-refractivity contribution in [2.75, 3.05) is 25.1 Å². The average molecular weight is 447 g/mol. The van der Waals surface area contributed by atoms with E-state index in [1.807, 2.05) is 55.5 Å². The summed E-state index contributed by atoms with van der Waals surface area (Å²) in [4.78, 5) is 38.9. The van der Waals surface area contributed by atoms with Crippen molar-refractivity contribution in [1.29, 1.82) is 0 Å². The second-order valence-corrected chi connectivity index (χ2v) is 8.04. The number of ether oxygens (including phenoxy) is 1. The van der Waals surface area contributed by atoms with Crippen molar-refractivity contribution in [2.24, 2.45) is 5.92 Å². The predicted octanol–water partition coefficient (Wildman–Crippen LogP) is 2.40. The molecule has 1 unspecified atom stereocenters. The lowest BCUT2D eigenvalue weighted by Gasteiger charge is -2.17. The number of nitrogens with zero attached hydrogens (tertiary/aromatic N) is 3. The Morgan fingerprint density at radius 3 is 2.48 bits per heavy atom. The minimum Gasteiger partial charge on any atom is -0.497 e. The lowest BCUT2D eigenvalue weighted by molar-refractivity contribution is -0.126. The molecular formula is C25H26N4O4. The van der Waals surface area contributed by atoms with Gasteiger partial charge < -0.3 is 15.0 Å². The topological polar surface area (TPSA) is 93.5 Å². The van der Waals surface area contributed by atoms with Crippen LogP contribution in [-0.2, 0) is 16.1 Å². The quantitative estimate of drug-likeness (QED) is 0.602. The second kappa shape index (κ2) is 9.68. The van der Waals surface area contributed by atoms with Crippen LogP contribution in [0, 0.1) is 12.8 Å². The molecule has 8 nitrogen and oxygen atoms in total. The van der Waals surface area contributed by atoms with Crippen LogP contribution in [0.5, 0.6) is 5.75 Å². The van der Waals surface area contributed by atoms with Crippen LogP contribution in [0.25, 0.3) is 11.3 Å². The molecular weight excluding hydrogens is 420 g/mol. The van der Waals surface area contributed by atoms with Crippen LogP contribution >= 0.6 is 0 Å². The Morgan fingerprint density at radius 2 is 1.79 bits per heavy atom. The van der Waals surface area contributed by atoms with Crippen molar-refractivity contribution >= 4 is 17.5 Å². The van der Waals surface area contributed by atoms with E-state index in [1.54, 1.807) is 18.1 Å². The molecule has 1 aliphatic rings. The van der Waals surface area contributed by atoms with Crippen LogP contribution in [0.2, 0.25) is 0 Å². The zero-order valence-corrected chi connectivity index (χ0v) is 18.7. The van der Waals surface area contributed by atoms with Crippen molar-refractivity contribution in [3.63, 3.8) is 0 Å². The molecule has 1 saturated heterocycles. The van der Waals surface area contributed by atoms with Gasteiger partial charge in [0.2, 0.25) is 11.8 Å². The molecule has 170 valence electrons. The highest BCUT2D eigenvalue weighted by Crippen LogP contribution is 2.25. The smallest absolute Gasteiger partial charge is 0.266 e. The van der Waals surface area contributed by atoms with Crippen molar-refractivity contribution < 1.29 is 14.3 Å². The van der Waals surface area contributed by atoms with Crippen LogP contribution in [0.3, 0.4) is 0 Å². The number of hydrogen-bond acceptors (Lipinski definition) is 5. The molecule has 0 aliphatic carbocycles. The summed E-state index contributed by atoms with van der Waals surface area (Å²) in [6, 6.07) is 18.2. The Labute approximate surface area is 191 Å². The standard InChI is InChI=1S/C25H26N4O4/c1-17-3-7-20(8-4-17)28-16-19(15-24(28)31)25(32)26-13-14-29-23(30)12-11-22(27-29)18-5-9-21(33-2)10-6-18/h3-12,19H,13-16H2,1-2H3,(H,26,32). The summed E-state index contributed by atoms with van der Waals surface area (Å²) in [7, 11) is 1.60. The summed E-state index contributed by atoms with van der Waals surface area (Å²) < 4.78 is 6.50. The van der Waals surface area contributed by atoms with E-state index in [-0.39, 0.29) is 36.9 Å². The number of methoxy groups -OCH3 is 1. The Bertz CT molecular complexity index is 1200. The fraction of sp³-hybridized carbons (Fsp3) is 0.280. The van der Waals surface area contributed by atoms with Crippen molar-refractivity contribution in [1.82, 2.24) is 15.1 Å². The van der Waals surface area contributed by atoms with Gasteiger partial charge in [-0.25, -0.2) is 4.68 Å². The summed E-state index contributed by atoms with van der Waals surface area (Å²) in [5.74, 6) is 0.0524. The molecule has 1 aliphatic heterocycles.